The zero-order valence-electron chi connectivity index (χ0n) is 17.3. The van der Waals surface area contributed by atoms with Crippen LogP contribution in [0, 0.1) is 0 Å². The van der Waals surface area contributed by atoms with Crippen LogP contribution in [0.2, 0.25) is 0 Å². The molecule has 32 heavy (non-hydrogen) atoms. The Morgan fingerprint density at radius 2 is 2.09 bits per heavy atom. The molecule has 1 N–H and O–H groups in total. The molecule has 168 valence electrons. The average Bonchev–Trinajstić information content (AvgIpc) is 3.40. The van der Waals surface area contributed by atoms with Gasteiger partial charge in [-0.15, -0.1) is 0 Å². The molecule has 5 heterocycles. The van der Waals surface area contributed by atoms with E-state index in [-0.39, 0.29) is 23.4 Å². The second-order valence-electron chi connectivity index (χ2n) is 8.66. The number of aromatic nitrogens is 5. The van der Waals surface area contributed by atoms with Gasteiger partial charge in [0.25, 0.3) is 12.3 Å². The first-order valence-electron chi connectivity index (χ1n) is 11.0. The number of alkyl halides is 2. The summed E-state index contributed by atoms with van der Waals surface area (Å²) < 4.78 is 35.8. The van der Waals surface area contributed by atoms with Crippen molar-refractivity contribution >= 4 is 23.1 Å². The van der Waals surface area contributed by atoms with E-state index in [1.54, 1.807) is 10.9 Å². The molecule has 0 radical (unpaired) electrons. The van der Waals surface area contributed by atoms with Crippen LogP contribution in [-0.4, -0.2) is 55.6 Å². The van der Waals surface area contributed by atoms with E-state index in [0.29, 0.717) is 18.3 Å². The van der Waals surface area contributed by atoms with Gasteiger partial charge < -0.3 is 15.0 Å². The molecule has 3 aromatic heterocycles. The first-order chi connectivity index (χ1) is 15.6. The fourth-order valence-corrected chi connectivity index (χ4v) is 4.80. The molecule has 1 unspecified atom stereocenters. The lowest BCUT2D eigenvalue weighted by molar-refractivity contribution is -0.113. The summed E-state index contributed by atoms with van der Waals surface area (Å²) >= 11 is 0. The monoisotopic (exact) mass is 443 g/mol. The van der Waals surface area contributed by atoms with Crippen molar-refractivity contribution in [2.24, 2.45) is 0 Å². The summed E-state index contributed by atoms with van der Waals surface area (Å²) in [6.45, 7) is 1.44. The number of amides is 1. The third-order valence-electron chi connectivity index (χ3n) is 6.74. The average molecular weight is 443 g/mol. The van der Waals surface area contributed by atoms with Crippen molar-refractivity contribution in [3.05, 3.63) is 35.9 Å². The number of carbonyl (C=O) groups is 1. The molecule has 0 bridgehead atoms. The highest BCUT2D eigenvalue weighted by Gasteiger charge is 2.48. The second kappa shape index (κ2) is 7.51. The summed E-state index contributed by atoms with van der Waals surface area (Å²) in [6.07, 6.45) is 7.21. The molecule has 2 aliphatic heterocycles. The standard InChI is InChI=1S/C21H23F2N7O2/c22-19(23)18-14(9-30(27-18)12-4-2-1-3-5-12)25-21(31)13-8-24-29-7-6-17(26-20(13)29)28-10-16-15(28)11-32-16/h6-9,12,15-16,19H,1-5,10-11H2,(H,25,31)/t15?,16-/m0/s1. The molecule has 11 heteroatoms. The summed E-state index contributed by atoms with van der Waals surface area (Å²) in [5.74, 6) is 0.207. The van der Waals surface area contributed by atoms with E-state index in [2.05, 4.69) is 25.4 Å². The zero-order valence-corrected chi connectivity index (χ0v) is 17.3. The Labute approximate surface area is 182 Å². The minimum atomic E-state index is -2.78. The number of hydrogen-bond acceptors (Lipinski definition) is 6. The number of nitrogens with one attached hydrogen (secondary N) is 1. The van der Waals surface area contributed by atoms with E-state index in [0.717, 1.165) is 44.5 Å². The van der Waals surface area contributed by atoms with Crippen LogP contribution in [-0.2, 0) is 4.74 Å². The van der Waals surface area contributed by atoms with Gasteiger partial charge in [-0.25, -0.2) is 18.3 Å². The molecule has 9 nitrogen and oxygen atoms in total. The second-order valence-corrected chi connectivity index (χ2v) is 8.66. The van der Waals surface area contributed by atoms with E-state index in [4.69, 9.17) is 4.74 Å². The van der Waals surface area contributed by atoms with Gasteiger partial charge in [-0.2, -0.15) is 10.2 Å². The predicted molar refractivity (Wildman–Crippen MR) is 111 cm³/mol. The van der Waals surface area contributed by atoms with Gasteiger partial charge >= 0.3 is 0 Å². The number of morpholine rings is 1. The molecular formula is C21H23F2N7O2. The Hall–Kier alpha value is -3.08. The SMILES string of the molecule is O=C(Nc1cn(C2CCCCC2)nc1C(F)F)c1cnn2ccc(N3C[C@@H]4OCC43)nc12. The fourth-order valence-electron chi connectivity index (χ4n) is 4.80. The Morgan fingerprint density at radius 1 is 1.25 bits per heavy atom. The summed E-state index contributed by atoms with van der Waals surface area (Å²) in [5.41, 5.74) is 0.218. The third-order valence-corrected chi connectivity index (χ3v) is 6.74. The van der Waals surface area contributed by atoms with Gasteiger partial charge in [0.1, 0.15) is 11.4 Å². The minimum absolute atomic E-state index is 0.0308. The molecule has 3 aromatic rings. The van der Waals surface area contributed by atoms with Crippen molar-refractivity contribution in [2.45, 2.75) is 56.7 Å². The first-order valence-corrected chi connectivity index (χ1v) is 11.0. The Bertz CT molecular complexity index is 1170. The summed E-state index contributed by atoms with van der Waals surface area (Å²) in [4.78, 5) is 19.8. The zero-order chi connectivity index (χ0) is 21.8. The molecular weight excluding hydrogens is 420 g/mol. The topological polar surface area (TPSA) is 89.6 Å². The third kappa shape index (κ3) is 3.14. The lowest BCUT2D eigenvalue weighted by atomic mass is 9.95. The molecule has 6 rings (SSSR count). The summed E-state index contributed by atoms with van der Waals surface area (Å²) in [6, 6.07) is 2.26. The normalized spacial score (nSPS) is 23.2. The van der Waals surface area contributed by atoms with Crippen molar-refractivity contribution in [2.75, 3.05) is 23.4 Å². The molecule has 2 atom stereocenters. The van der Waals surface area contributed by atoms with Gasteiger partial charge in [0, 0.05) is 18.9 Å². The fraction of sp³-hybridized carbons (Fsp3) is 0.524. The largest absolute Gasteiger partial charge is 0.372 e. The van der Waals surface area contributed by atoms with Gasteiger partial charge in [0.15, 0.2) is 11.3 Å². The van der Waals surface area contributed by atoms with E-state index >= 15 is 0 Å². The number of fused-ring (bicyclic) bond motifs is 2. The molecule has 1 saturated carbocycles. The number of anilines is 2. The van der Waals surface area contributed by atoms with Crippen LogP contribution in [0.15, 0.2) is 24.7 Å². The molecule has 1 amide bonds. The van der Waals surface area contributed by atoms with Crippen LogP contribution >= 0.6 is 0 Å². The maximum Gasteiger partial charge on any atom is 0.284 e. The number of halogens is 2. The smallest absolute Gasteiger partial charge is 0.284 e. The minimum Gasteiger partial charge on any atom is -0.372 e. The van der Waals surface area contributed by atoms with Crippen LogP contribution in [0.25, 0.3) is 5.65 Å². The molecule has 0 spiro atoms. The van der Waals surface area contributed by atoms with E-state index in [9.17, 15) is 13.6 Å². The highest BCUT2D eigenvalue weighted by atomic mass is 19.3. The highest BCUT2D eigenvalue weighted by Crippen LogP contribution is 2.35. The number of ether oxygens (including phenoxy) is 1. The van der Waals surface area contributed by atoms with Crippen LogP contribution in [0.3, 0.4) is 0 Å². The van der Waals surface area contributed by atoms with Crippen LogP contribution in [0.5, 0.6) is 0 Å². The van der Waals surface area contributed by atoms with Crippen molar-refractivity contribution < 1.29 is 18.3 Å². The summed E-state index contributed by atoms with van der Waals surface area (Å²) in [7, 11) is 0. The van der Waals surface area contributed by atoms with E-state index in [1.807, 2.05) is 6.07 Å². The van der Waals surface area contributed by atoms with Crippen molar-refractivity contribution in [3.8, 4) is 0 Å². The quantitative estimate of drug-likeness (QED) is 0.651. The lowest BCUT2D eigenvalue weighted by Crippen LogP contribution is -2.71. The summed E-state index contributed by atoms with van der Waals surface area (Å²) in [5, 5.41) is 10.9. The first kappa shape index (κ1) is 19.6. The highest BCUT2D eigenvalue weighted by molar-refractivity contribution is 6.08. The van der Waals surface area contributed by atoms with Gasteiger partial charge in [-0.05, 0) is 18.9 Å². The van der Waals surface area contributed by atoms with Crippen molar-refractivity contribution in [3.63, 3.8) is 0 Å². The molecule has 3 fully saturated rings. The van der Waals surface area contributed by atoms with Gasteiger partial charge in [-0.1, -0.05) is 19.3 Å². The van der Waals surface area contributed by atoms with E-state index in [1.165, 1.54) is 16.9 Å². The Kier molecular flexibility index (Phi) is 4.60. The van der Waals surface area contributed by atoms with Crippen molar-refractivity contribution in [1.29, 1.82) is 0 Å². The molecule has 3 aliphatic rings. The Morgan fingerprint density at radius 3 is 2.78 bits per heavy atom. The van der Waals surface area contributed by atoms with Crippen LogP contribution < -0.4 is 10.2 Å². The van der Waals surface area contributed by atoms with Gasteiger partial charge in [0.2, 0.25) is 0 Å². The maximum absolute atomic E-state index is 13.6. The maximum atomic E-state index is 13.6. The predicted octanol–water partition coefficient (Wildman–Crippen LogP) is 3.21. The number of carbonyl (C=O) groups excluding carboxylic acids is 1. The molecule has 1 aliphatic carbocycles. The van der Waals surface area contributed by atoms with Crippen molar-refractivity contribution in [1.82, 2.24) is 24.4 Å². The van der Waals surface area contributed by atoms with E-state index < -0.39 is 18.0 Å². The Balaban J connectivity index is 1.27. The number of rotatable bonds is 5. The van der Waals surface area contributed by atoms with Gasteiger partial charge in [0.05, 0.1) is 36.7 Å². The number of nitrogens with zero attached hydrogens (tertiary/aromatic N) is 6. The van der Waals surface area contributed by atoms with Crippen LogP contribution in [0.1, 0.15) is 60.6 Å². The molecule has 2 saturated heterocycles. The molecule has 0 aromatic carbocycles. The number of hydrogen-bond donors (Lipinski definition) is 1. The lowest BCUT2D eigenvalue weighted by Gasteiger charge is -2.55. The van der Waals surface area contributed by atoms with Crippen LogP contribution in [0.4, 0.5) is 20.3 Å². The van der Waals surface area contributed by atoms with Gasteiger partial charge in [-0.3, -0.25) is 9.48 Å².